The molecule has 0 bridgehead atoms. The molecule has 0 aliphatic carbocycles. The van der Waals surface area contributed by atoms with Crippen LogP contribution in [0.1, 0.15) is 47.1 Å². The lowest BCUT2D eigenvalue weighted by molar-refractivity contribution is 0.273. The number of hydrogen-bond donors (Lipinski definition) is 0. The van der Waals surface area contributed by atoms with E-state index in [0.717, 1.165) is 0 Å². The van der Waals surface area contributed by atoms with Crippen molar-refractivity contribution >= 4 is 27.1 Å². The lowest BCUT2D eigenvalue weighted by Crippen LogP contribution is -2.46. The molecule has 0 saturated carbocycles. The van der Waals surface area contributed by atoms with Crippen LogP contribution in [-0.2, 0) is 15.0 Å². The molecule has 1 heterocycles. The van der Waals surface area contributed by atoms with E-state index in [0.29, 0.717) is 6.61 Å². The summed E-state index contributed by atoms with van der Waals surface area (Å²) >= 11 is -1.45. The zero-order valence-electron chi connectivity index (χ0n) is 13.0. The van der Waals surface area contributed by atoms with Gasteiger partial charge in [0, 0.05) is 0 Å². The highest BCUT2D eigenvalue weighted by Gasteiger charge is 2.48. The Morgan fingerprint density at radius 1 is 1.05 bits per heavy atom. The van der Waals surface area contributed by atoms with Crippen LogP contribution in [0.15, 0.2) is 24.3 Å². The summed E-state index contributed by atoms with van der Waals surface area (Å²) in [4.78, 5) is 0. The molecule has 1 aromatic carbocycles. The predicted molar refractivity (Wildman–Crippen MR) is 82.9 cm³/mol. The van der Waals surface area contributed by atoms with E-state index in [1.165, 1.54) is 11.0 Å². The molecule has 1 aromatic rings. The number of hydrogen-bond acceptors (Lipinski definition) is 2. The third kappa shape index (κ3) is 3.44. The van der Waals surface area contributed by atoms with Crippen molar-refractivity contribution < 1.29 is 8.36 Å². The zero-order chi connectivity index (χ0) is 14.3. The smallest absolute Gasteiger partial charge is 0.464 e. The van der Waals surface area contributed by atoms with Gasteiger partial charge in [-0.15, -0.1) is 0 Å². The molecule has 0 fully saturated rings. The summed E-state index contributed by atoms with van der Waals surface area (Å²) in [6.07, 6.45) is 0. The van der Waals surface area contributed by atoms with Crippen molar-refractivity contribution in [3.05, 3.63) is 29.8 Å². The molecule has 0 amide bonds. The van der Waals surface area contributed by atoms with Gasteiger partial charge in [-0.25, -0.2) is 0 Å². The molecule has 0 N–H and O–H groups in total. The fraction of sp³-hybridized carbons (Fsp3) is 0.600. The molecule has 0 spiro atoms. The minimum absolute atomic E-state index is 0.161. The standard InChI is InChI=1S/C7H6BO2.2C4H9.Al/c9-8-7-4-2-1-3-6(7)5-10-8;2*1-4(2)3;/h1-4H,5H2;2*1-3H3;/q-1;;;+1. The van der Waals surface area contributed by atoms with E-state index in [1.807, 2.05) is 0 Å². The lowest BCUT2D eigenvalue weighted by atomic mass is 9.80. The van der Waals surface area contributed by atoms with E-state index < -0.39 is 14.5 Å². The summed E-state index contributed by atoms with van der Waals surface area (Å²) in [6.45, 7) is 14.4. The van der Waals surface area contributed by atoms with Crippen LogP contribution in [0.25, 0.3) is 0 Å². The van der Waals surface area contributed by atoms with E-state index >= 15 is 0 Å². The van der Waals surface area contributed by atoms with Crippen LogP contribution >= 0.6 is 0 Å². The fourth-order valence-electron chi connectivity index (χ4n) is 3.09. The van der Waals surface area contributed by atoms with Crippen LogP contribution in [-0.4, -0.2) is 21.6 Å². The van der Waals surface area contributed by atoms with Crippen LogP contribution in [0, 0.1) is 0 Å². The third-order valence-electron chi connectivity index (χ3n) is 3.53. The maximum absolute atomic E-state index is 6.48. The summed E-state index contributed by atoms with van der Waals surface area (Å²) in [5.41, 5.74) is 2.48. The molecule has 102 valence electrons. The molecule has 0 aromatic heterocycles. The zero-order valence-corrected chi connectivity index (χ0v) is 14.1. The Kier molecular flexibility index (Phi) is 4.19. The largest absolute Gasteiger partial charge is 0.539 e. The molecular formula is C15H24AlBO2. The Morgan fingerprint density at radius 2 is 1.63 bits per heavy atom. The highest BCUT2D eigenvalue weighted by molar-refractivity contribution is 6.74. The van der Waals surface area contributed by atoms with E-state index in [1.54, 1.807) is 0 Å². The molecule has 19 heavy (non-hydrogen) atoms. The first kappa shape index (κ1) is 15.1. The Balaban J connectivity index is 2.21. The van der Waals surface area contributed by atoms with Gasteiger partial charge in [0.1, 0.15) is 0 Å². The van der Waals surface area contributed by atoms with E-state index in [-0.39, 0.29) is 15.7 Å². The molecule has 0 saturated heterocycles. The summed E-state index contributed by atoms with van der Waals surface area (Å²) in [7, 11) is -0.161. The normalized spacial score (nSPS) is 15.6. The summed E-state index contributed by atoms with van der Waals surface area (Å²) in [6, 6.07) is 8.38. The van der Waals surface area contributed by atoms with Gasteiger partial charge in [-0.2, -0.15) is 0 Å². The van der Waals surface area contributed by atoms with Crippen LogP contribution in [0.4, 0.5) is 0 Å². The summed E-state index contributed by atoms with van der Waals surface area (Å²) in [5.74, 6) is 0. The van der Waals surface area contributed by atoms with Gasteiger partial charge >= 0.3 is 21.6 Å². The number of rotatable bonds is 2. The quantitative estimate of drug-likeness (QED) is 0.768. The van der Waals surface area contributed by atoms with Gasteiger partial charge in [0.2, 0.25) is 0 Å². The molecule has 4 heteroatoms. The average molecular weight is 274 g/mol. The molecule has 0 atom stereocenters. The molecule has 2 nitrogen and oxygen atoms in total. The van der Waals surface area contributed by atoms with E-state index in [4.69, 9.17) is 8.36 Å². The second kappa shape index (κ2) is 5.26. The lowest BCUT2D eigenvalue weighted by Gasteiger charge is -2.36. The second-order valence-corrected chi connectivity index (χ2v) is 12.1. The van der Waals surface area contributed by atoms with Gasteiger partial charge in [0.15, 0.2) is 0 Å². The van der Waals surface area contributed by atoms with Gasteiger partial charge in [0.25, 0.3) is 0 Å². The third-order valence-corrected chi connectivity index (χ3v) is 7.20. The summed E-state index contributed by atoms with van der Waals surface area (Å²) in [5, 5.41) is 0. The monoisotopic (exact) mass is 274 g/mol. The van der Waals surface area contributed by atoms with Crippen molar-refractivity contribution in [1.29, 1.82) is 0 Å². The van der Waals surface area contributed by atoms with Crippen molar-refractivity contribution in [2.24, 2.45) is 0 Å². The van der Waals surface area contributed by atoms with Crippen molar-refractivity contribution in [3.8, 4) is 0 Å². The maximum atomic E-state index is 6.48. The van der Waals surface area contributed by atoms with Crippen molar-refractivity contribution in [2.75, 3.05) is 0 Å². The molecular weight excluding hydrogens is 250 g/mol. The van der Waals surface area contributed by atoms with E-state index in [2.05, 4.69) is 65.8 Å². The molecule has 0 radical (unpaired) electrons. The van der Waals surface area contributed by atoms with Gasteiger partial charge in [-0.05, 0) is 11.0 Å². The highest BCUT2D eigenvalue weighted by Crippen LogP contribution is 2.42. The van der Waals surface area contributed by atoms with Gasteiger partial charge in [-0.1, -0.05) is 74.4 Å². The van der Waals surface area contributed by atoms with Crippen molar-refractivity contribution in [2.45, 2.75) is 56.7 Å². The average Bonchev–Trinajstić information content (AvgIpc) is 2.66. The van der Waals surface area contributed by atoms with Gasteiger partial charge < -0.3 is 8.36 Å². The molecule has 0 unspecified atom stereocenters. The minimum Gasteiger partial charge on any atom is -0.539 e. The van der Waals surface area contributed by atoms with Crippen LogP contribution < -0.4 is 5.46 Å². The molecule has 1 aliphatic heterocycles. The second-order valence-electron chi connectivity index (χ2n) is 7.59. The molecule has 1 aliphatic rings. The first-order valence-corrected chi connectivity index (χ1v) is 8.67. The van der Waals surface area contributed by atoms with Crippen LogP contribution in [0.3, 0.4) is 0 Å². The number of benzene rings is 1. The van der Waals surface area contributed by atoms with Gasteiger partial charge in [-0.3, -0.25) is 0 Å². The van der Waals surface area contributed by atoms with Crippen LogP contribution in [0.5, 0.6) is 0 Å². The topological polar surface area (TPSA) is 18.5 Å². The minimum atomic E-state index is -1.45. The summed E-state index contributed by atoms with van der Waals surface area (Å²) < 4.78 is 12.8. The number of fused-ring (bicyclic) bond motifs is 1. The Bertz CT molecular complexity index is 434. The Morgan fingerprint density at radius 3 is 2.21 bits per heavy atom. The Hall–Kier alpha value is -0.263. The molecule has 2 rings (SSSR count). The van der Waals surface area contributed by atoms with Crippen molar-refractivity contribution in [1.82, 2.24) is 0 Å². The highest BCUT2D eigenvalue weighted by atomic mass is 27.2. The maximum Gasteiger partial charge on any atom is 0.464 e. The Labute approximate surface area is 122 Å². The van der Waals surface area contributed by atoms with Gasteiger partial charge in [0.05, 0.1) is 6.61 Å². The SMILES string of the molecule is C[C](C)(C)[Al]([O]B1OCc2ccccc21)[C](C)(C)C. The van der Waals surface area contributed by atoms with E-state index in [9.17, 15) is 0 Å². The predicted octanol–water partition coefficient (Wildman–Crippen LogP) is 3.52. The first-order valence-electron chi connectivity index (χ1n) is 7.04. The fourth-order valence-corrected chi connectivity index (χ4v) is 6.98. The van der Waals surface area contributed by atoms with Crippen LogP contribution in [0.2, 0.25) is 8.55 Å². The first-order chi connectivity index (χ1) is 8.69. The van der Waals surface area contributed by atoms with Crippen molar-refractivity contribution in [3.63, 3.8) is 0 Å².